The van der Waals surface area contributed by atoms with Crippen molar-refractivity contribution in [1.29, 1.82) is 0 Å². The average molecular weight is 299 g/mol. The van der Waals surface area contributed by atoms with Crippen molar-refractivity contribution >= 4 is 5.97 Å². The Morgan fingerprint density at radius 1 is 1.23 bits per heavy atom. The Labute approximate surface area is 128 Å². The van der Waals surface area contributed by atoms with Gasteiger partial charge in [-0.25, -0.2) is 4.79 Å². The molecule has 22 heavy (non-hydrogen) atoms. The second-order valence-electron chi connectivity index (χ2n) is 6.45. The van der Waals surface area contributed by atoms with Crippen LogP contribution in [-0.2, 0) is 4.74 Å². The molecular weight excluding hydrogens is 282 g/mol. The standard InChI is InChI=1S/C17H17NO4/c1-18-5-4-9-2-3-12-15(16(9)18)10-6-13-14(21-8-20-13)7-11(10)17(19)22-12/h2,6-7,12,15-16H,3-5,8H2,1H3/t12-,15-,16-/m1/s1. The lowest BCUT2D eigenvalue weighted by Crippen LogP contribution is -2.45. The van der Waals surface area contributed by atoms with Gasteiger partial charge in [-0.2, -0.15) is 0 Å². The summed E-state index contributed by atoms with van der Waals surface area (Å²) in [4.78, 5) is 14.7. The van der Waals surface area contributed by atoms with Gasteiger partial charge in [0.2, 0.25) is 6.79 Å². The predicted molar refractivity (Wildman–Crippen MR) is 78.2 cm³/mol. The molecule has 3 aliphatic heterocycles. The maximum atomic E-state index is 12.4. The number of likely N-dealkylation sites (N-methyl/N-ethyl adjacent to an activating group) is 1. The molecule has 0 unspecified atom stereocenters. The van der Waals surface area contributed by atoms with Gasteiger partial charge in [0.15, 0.2) is 11.5 Å². The smallest absolute Gasteiger partial charge is 0.338 e. The molecule has 3 atom stereocenters. The summed E-state index contributed by atoms with van der Waals surface area (Å²) in [6, 6.07) is 4.10. The van der Waals surface area contributed by atoms with Crippen molar-refractivity contribution in [3.8, 4) is 11.5 Å². The Balaban J connectivity index is 1.69. The summed E-state index contributed by atoms with van der Waals surface area (Å²) in [5, 5.41) is 0. The van der Waals surface area contributed by atoms with Gasteiger partial charge in [0.1, 0.15) is 6.10 Å². The molecule has 0 N–H and O–H groups in total. The van der Waals surface area contributed by atoms with E-state index in [9.17, 15) is 4.79 Å². The van der Waals surface area contributed by atoms with E-state index in [0.717, 1.165) is 30.7 Å². The topological polar surface area (TPSA) is 48.0 Å². The monoisotopic (exact) mass is 299 g/mol. The first-order valence-corrected chi connectivity index (χ1v) is 7.76. The van der Waals surface area contributed by atoms with Gasteiger partial charge in [-0.15, -0.1) is 0 Å². The third-order valence-corrected chi connectivity index (χ3v) is 5.34. The molecule has 0 radical (unpaired) electrons. The first-order chi connectivity index (χ1) is 10.7. The minimum Gasteiger partial charge on any atom is -0.458 e. The molecule has 1 aromatic carbocycles. The zero-order chi connectivity index (χ0) is 14.8. The van der Waals surface area contributed by atoms with Crippen LogP contribution in [0.5, 0.6) is 11.5 Å². The lowest BCUT2D eigenvalue weighted by atomic mass is 9.75. The number of fused-ring (bicyclic) bond motifs is 6. The van der Waals surface area contributed by atoms with Crippen LogP contribution in [-0.4, -0.2) is 43.4 Å². The van der Waals surface area contributed by atoms with E-state index in [1.165, 1.54) is 5.57 Å². The molecule has 4 aliphatic rings. The fourth-order valence-electron chi connectivity index (χ4n) is 4.32. The Kier molecular flexibility index (Phi) is 2.42. The summed E-state index contributed by atoms with van der Waals surface area (Å²) in [5.41, 5.74) is 3.16. The van der Waals surface area contributed by atoms with Crippen molar-refractivity contribution in [1.82, 2.24) is 4.90 Å². The molecule has 5 nitrogen and oxygen atoms in total. The highest BCUT2D eigenvalue weighted by molar-refractivity contribution is 5.94. The van der Waals surface area contributed by atoms with Crippen molar-refractivity contribution in [2.45, 2.75) is 30.9 Å². The number of hydrogen-bond donors (Lipinski definition) is 0. The normalized spacial score (nSPS) is 32.0. The summed E-state index contributed by atoms with van der Waals surface area (Å²) in [7, 11) is 2.15. The molecule has 3 heterocycles. The third kappa shape index (κ3) is 1.54. The highest BCUT2D eigenvalue weighted by Gasteiger charge is 2.47. The quantitative estimate of drug-likeness (QED) is 0.542. The number of carbonyl (C=O) groups excluding carboxylic acids is 1. The molecule has 0 amide bonds. The molecule has 5 rings (SSSR count). The van der Waals surface area contributed by atoms with Gasteiger partial charge < -0.3 is 14.2 Å². The van der Waals surface area contributed by atoms with E-state index in [-0.39, 0.29) is 24.8 Å². The van der Waals surface area contributed by atoms with Crippen molar-refractivity contribution in [3.63, 3.8) is 0 Å². The number of likely N-dealkylation sites (tertiary alicyclic amines) is 1. The first kappa shape index (κ1) is 12.5. The van der Waals surface area contributed by atoms with E-state index >= 15 is 0 Å². The van der Waals surface area contributed by atoms with Crippen LogP contribution in [0.25, 0.3) is 0 Å². The van der Waals surface area contributed by atoms with E-state index in [4.69, 9.17) is 14.2 Å². The number of benzene rings is 1. The maximum absolute atomic E-state index is 12.4. The highest BCUT2D eigenvalue weighted by Crippen LogP contribution is 2.48. The lowest BCUT2D eigenvalue weighted by molar-refractivity contribution is 0.00914. The van der Waals surface area contributed by atoms with Crippen molar-refractivity contribution in [2.75, 3.05) is 20.4 Å². The van der Waals surface area contributed by atoms with Crippen molar-refractivity contribution < 1.29 is 19.0 Å². The minimum absolute atomic E-state index is 0.0744. The van der Waals surface area contributed by atoms with Crippen LogP contribution in [0.4, 0.5) is 0 Å². The van der Waals surface area contributed by atoms with E-state index in [1.54, 1.807) is 6.07 Å². The first-order valence-electron chi connectivity index (χ1n) is 7.76. The van der Waals surface area contributed by atoms with E-state index < -0.39 is 0 Å². The largest absolute Gasteiger partial charge is 0.458 e. The van der Waals surface area contributed by atoms with Crippen LogP contribution >= 0.6 is 0 Å². The van der Waals surface area contributed by atoms with E-state index in [1.807, 2.05) is 6.07 Å². The summed E-state index contributed by atoms with van der Waals surface area (Å²) < 4.78 is 16.6. The fourth-order valence-corrected chi connectivity index (χ4v) is 4.32. The number of nitrogens with zero attached hydrogens (tertiary/aromatic N) is 1. The van der Waals surface area contributed by atoms with Crippen LogP contribution in [0.1, 0.15) is 34.7 Å². The number of rotatable bonds is 0. The van der Waals surface area contributed by atoms with Crippen LogP contribution in [0.3, 0.4) is 0 Å². The Morgan fingerprint density at radius 2 is 2.05 bits per heavy atom. The van der Waals surface area contributed by atoms with Gasteiger partial charge in [-0.1, -0.05) is 11.6 Å². The molecule has 1 fully saturated rings. The molecule has 0 bridgehead atoms. The molecule has 114 valence electrons. The van der Waals surface area contributed by atoms with Gasteiger partial charge in [0, 0.05) is 24.9 Å². The molecule has 0 aromatic heterocycles. The SMILES string of the molecule is CN1CCC2=CC[C@H]3OC(=O)c4cc5c(cc4[C@H]3[C@@H]21)OCO5. The summed E-state index contributed by atoms with van der Waals surface area (Å²) >= 11 is 0. The molecule has 1 aromatic rings. The molecular formula is C17H17NO4. The van der Waals surface area contributed by atoms with Gasteiger partial charge in [-0.05, 0) is 31.2 Å². The summed E-state index contributed by atoms with van der Waals surface area (Å²) in [5.74, 6) is 1.33. The molecule has 1 saturated heterocycles. The number of hydrogen-bond acceptors (Lipinski definition) is 5. The molecule has 1 aliphatic carbocycles. The number of ether oxygens (including phenoxy) is 3. The fraction of sp³-hybridized carbons (Fsp3) is 0.471. The van der Waals surface area contributed by atoms with Gasteiger partial charge >= 0.3 is 5.97 Å². The summed E-state index contributed by atoms with van der Waals surface area (Å²) in [6.07, 6.45) is 4.11. The minimum atomic E-state index is -0.243. The van der Waals surface area contributed by atoms with E-state index in [0.29, 0.717) is 17.4 Å². The molecule has 5 heteroatoms. The van der Waals surface area contributed by atoms with Crippen LogP contribution in [0.15, 0.2) is 23.8 Å². The van der Waals surface area contributed by atoms with E-state index in [2.05, 4.69) is 18.0 Å². The Hall–Kier alpha value is -2.01. The zero-order valence-electron chi connectivity index (χ0n) is 12.4. The third-order valence-electron chi connectivity index (χ3n) is 5.34. The molecule has 0 saturated carbocycles. The van der Waals surface area contributed by atoms with Crippen molar-refractivity contribution in [3.05, 3.63) is 34.9 Å². The van der Waals surface area contributed by atoms with Crippen molar-refractivity contribution in [2.24, 2.45) is 0 Å². The zero-order valence-corrected chi connectivity index (χ0v) is 12.4. The number of esters is 1. The van der Waals surface area contributed by atoms with Gasteiger partial charge in [-0.3, -0.25) is 4.90 Å². The van der Waals surface area contributed by atoms with Crippen LogP contribution in [0.2, 0.25) is 0 Å². The molecule has 0 spiro atoms. The number of carbonyl (C=O) groups is 1. The predicted octanol–water partition coefficient (Wildman–Crippen LogP) is 2.07. The lowest BCUT2D eigenvalue weighted by Gasteiger charge is -2.41. The average Bonchev–Trinajstić information content (AvgIpc) is 3.12. The van der Waals surface area contributed by atoms with Crippen LogP contribution in [0, 0.1) is 0 Å². The van der Waals surface area contributed by atoms with Gasteiger partial charge in [0.05, 0.1) is 5.56 Å². The van der Waals surface area contributed by atoms with Crippen LogP contribution < -0.4 is 9.47 Å². The second kappa shape index (κ2) is 4.26. The summed E-state index contributed by atoms with van der Waals surface area (Å²) in [6.45, 7) is 1.28. The Bertz CT molecular complexity index is 711. The highest BCUT2D eigenvalue weighted by atomic mass is 16.7. The van der Waals surface area contributed by atoms with Gasteiger partial charge in [0.25, 0.3) is 0 Å². The Morgan fingerprint density at radius 3 is 2.91 bits per heavy atom. The second-order valence-corrected chi connectivity index (χ2v) is 6.45. The maximum Gasteiger partial charge on any atom is 0.338 e.